The molecule has 0 aliphatic heterocycles. The van der Waals surface area contributed by atoms with Crippen LogP contribution in [0.15, 0.2) is 23.1 Å². The molecule has 5 heteroatoms. The molecule has 1 saturated carbocycles. The Morgan fingerprint density at radius 1 is 1.33 bits per heavy atom. The number of rotatable bonds is 5. The van der Waals surface area contributed by atoms with E-state index < -0.39 is 16.1 Å². The van der Waals surface area contributed by atoms with Crippen LogP contribution in [0.25, 0.3) is 0 Å². The number of nitrogens with one attached hydrogen (secondary N) is 1. The summed E-state index contributed by atoms with van der Waals surface area (Å²) in [6.07, 6.45) is 1.42. The summed E-state index contributed by atoms with van der Waals surface area (Å²) in [6.45, 7) is 3.92. The topological polar surface area (TPSA) is 66.4 Å². The smallest absolute Gasteiger partial charge is 0.240 e. The number of hydrogen-bond donors (Lipinski definition) is 2. The Morgan fingerprint density at radius 3 is 2.56 bits per heavy atom. The summed E-state index contributed by atoms with van der Waals surface area (Å²) < 4.78 is 26.5. The zero-order valence-electron chi connectivity index (χ0n) is 10.7. The first-order chi connectivity index (χ1) is 8.40. The molecule has 18 heavy (non-hydrogen) atoms. The number of sulfonamides is 1. The molecule has 0 spiro atoms. The number of aryl methyl sites for hydroxylation is 2. The van der Waals surface area contributed by atoms with Gasteiger partial charge < -0.3 is 5.11 Å². The van der Waals surface area contributed by atoms with Crippen molar-refractivity contribution in [2.45, 2.75) is 37.7 Å². The molecule has 1 unspecified atom stereocenters. The van der Waals surface area contributed by atoms with Crippen molar-refractivity contribution in [1.29, 1.82) is 0 Å². The first-order valence-corrected chi connectivity index (χ1v) is 7.63. The molecule has 0 saturated heterocycles. The molecule has 1 aliphatic carbocycles. The SMILES string of the molecule is Cc1ccc(S(=O)(=O)NCC(O)C2CC2)cc1C. The molecule has 0 radical (unpaired) electrons. The molecule has 4 nitrogen and oxygen atoms in total. The van der Waals surface area contributed by atoms with Crippen LogP contribution in [0, 0.1) is 19.8 Å². The Bertz CT molecular complexity index is 535. The van der Waals surface area contributed by atoms with Gasteiger partial charge in [-0.2, -0.15) is 0 Å². The van der Waals surface area contributed by atoms with Crippen LogP contribution in [0.2, 0.25) is 0 Å². The highest BCUT2D eigenvalue weighted by Crippen LogP contribution is 2.32. The van der Waals surface area contributed by atoms with Crippen molar-refractivity contribution in [3.63, 3.8) is 0 Å². The molecule has 1 aromatic rings. The lowest BCUT2D eigenvalue weighted by atomic mass is 10.1. The molecule has 0 aromatic heterocycles. The molecule has 1 atom stereocenters. The predicted octanol–water partition coefficient (Wildman–Crippen LogP) is 1.35. The number of aliphatic hydroxyl groups excluding tert-OH is 1. The molecular weight excluding hydrogens is 250 g/mol. The number of benzene rings is 1. The van der Waals surface area contributed by atoms with E-state index in [1.54, 1.807) is 18.2 Å². The molecule has 2 N–H and O–H groups in total. The summed E-state index contributed by atoms with van der Waals surface area (Å²) in [4.78, 5) is 0.258. The van der Waals surface area contributed by atoms with Gasteiger partial charge in [-0.1, -0.05) is 6.07 Å². The summed E-state index contributed by atoms with van der Waals surface area (Å²) in [5.74, 6) is 0.271. The van der Waals surface area contributed by atoms with Gasteiger partial charge >= 0.3 is 0 Å². The summed E-state index contributed by atoms with van der Waals surface area (Å²) in [5.41, 5.74) is 2.01. The molecule has 1 fully saturated rings. The minimum absolute atomic E-state index is 0.0971. The first kappa shape index (κ1) is 13.5. The minimum Gasteiger partial charge on any atom is -0.391 e. The zero-order valence-corrected chi connectivity index (χ0v) is 11.5. The van der Waals surface area contributed by atoms with Crippen LogP contribution in [0.1, 0.15) is 24.0 Å². The van der Waals surface area contributed by atoms with E-state index in [2.05, 4.69) is 4.72 Å². The van der Waals surface area contributed by atoms with Gasteiger partial charge in [0.2, 0.25) is 10.0 Å². The Balaban J connectivity index is 2.07. The summed E-state index contributed by atoms with van der Waals surface area (Å²) >= 11 is 0. The average Bonchev–Trinajstić information content (AvgIpc) is 3.13. The third kappa shape index (κ3) is 3.10. The normalized spacial score (nSPS) is 17.7. The van der Waals surface area contributed by atoms with Gasteiger partial charge in [0.25, 0.3) is 0 Å². The van der Waals surface area contributed by atoms with Gasteiger partial charge in [0.1, 0.15) is 0 Å². The highest BCUT2D eigenvalue weighted by Gasteiger charge is 2.30. The van der Waals surface area contributed by atoms with E-state index in [1.165, 1.54) is 0 Å². The third-order valence-electron chi connectivity index (χ3n) is 3.44. The second-order valence-electron chi connectivity index (χ2n) is 5.00. The lowest BCUT2D eigenvalue weighted by molar-refractivity contribution is 0.155. The number of hydrogen-bond acceptors (Lipinski definition) is 3. The Hall–Kier alpha value is -0.910. The zero-order chi connectivity index (χ0) is 13.3. The molecule has 2 rings (SSSR count). The quantitative estimate of drug-likeness (QED) is 0.848. The van der Waals surface area contributed by atoms with Crippen LogP contribution in [-0.4, -0.2) is 26.2 Å². The summed E-state index contributed by atoms with van der Waals surface area (Å²) in [7, 11) is -3.51. The molecular formula is C13H19NO3S. The lowest BCUT2D eigenvalue weighted by Crippen LogP contribution is -2.33. The standard InChI is InChI=1S/C13H19NO3S/c1-9-3-6-12(7-10(9)2)18(16,17)14-8-13(15)11-4-5-11/h3,6-7,11,13-15H,4-5,8H2,1-2H3. The van der Waals surface area contributed by atoms with E-state index in [1.807, 2.05) is 13.8 Å². The monoisotopic (exact) mass is 269 g/mol. The highest BCUT2D eigenvalue weighted by atomic mass is 32.2. The molecule has 0 heterocycles. The molecule has 1 aliphatic rings. The van der Waals surface area contributed by atoms with Crippen LogP contribution < -0.4 is 4.72 Å². The maximum atomic E-state index is 12.0. The van der Waals surface area contributed by atoms with E-state index in [0.29, 0.717) is 0 Å². The van der Waals surface area contributed by atoms with Crippen molar-refractivity contribution >= 4 is 10.0 Å². The summed E-state index contributed by atoms with van der Waals surface area (Å²) in [6, 6.07) is 5.04. The average molecular weight is 269 g/mol. The maximum absolute atomic E-state index is 12.0. The van der Waals surface area contributed by atoms with Crippen molar-refractivity contribution in [1.82, 2.24) is 4.72 Å². The van der Waals surface area contributed by atoms with Crippen LogP contribution in [0.3, 0.4) is 0 Å². The van der Waals surface area contributed by atoms with E-state index >= 15 is 0 Å². The van der Waals surface area contributed by atoms with Crippen molar-refractivity contribution in [2.75, 3.05) is 6.54 Å². The van der Waals surface area contributed by atoms with Gasteiger partial charge in [-0.15, -0.1) is 0 Å². The predicted molar refractivity (Wildman–Crippen MR) is 69.8 cm³/mol. The largest absolute Gasteiger partial charge is 0.391 e. The maximum Gasteiger partial charge on any atom is 0.240 e. The fraction of sp³-hybridized carbons (Fsp3) is 0.538. The summed E-state index contributed by atoms with van der Waals surface area (Å²) in [5, 5.41) is 9.67. The first-order valence-electron chi connectivity index (χ1n) is 6.15. The highest BCUT2D eigenvalue weighted by molar-refractivity contribution is 7.89. The van der Waals surface area contributed by atoms with Crippen LogP contribution in [-0.2, 0) is 10.0 Å². The molecule has 0 bridgehead atoms. The Morgan fingerprint density at radius 2 is 2.00 bits per heavy atom. The molecule has 100 valence electrons. The second kappa shape index (κ2) is 4.99. The van der Waals surface area contributed by atoms with Gasteiger partial charge in [-0.25, -0.2) is 13.1 Å². The Kier molecular flexibility index (Phi) is 3.75. The van der Waals surface area contributed by atoms with Gasteiger partial charge in [0.15, 0.2) is 0 Å². The lowest BCUT2D eigenvalue weighted by Gasteiger charge is -2.12. The second-order valence-corrected chi connectivity index (χ2v) is 6.77. The van der Waals surface area contributed by atoms with Gasteiger partial charge in [0.05, 0.1) is 11.0 Å². The minimum atomic E-state index is -3.51. The van der Waals surface area contributed by atoms with Crippen LogP contribution in [0.4, 0.5) is 0 Å². The molecule has 0 amide bonds. The van der Waals surface area contributed by atoms with Crippen molar-refractivity contribution in [2.24, 2.45) is 5.92 Å². The number of aliphatic hydroxyl groups is 1. The van der Waals surface area contributed by atoms with Crippen molar-refractivity contribution in [3.05, 3.63) is 29.3 Å². The molecule has 1 aromatic carbocycles. The fourth-order valence-electron chi connectivity index (χ4n) is 1.81. The van der Waals surface area contributed by atoms with Gasteiger partial charge in [0, 0.05) is 6.54 Å². The van der Waals surface area contributed by atoms with Crippen LogP contribution >= 0.6 is 0 Å². The van der Waals surface area contributed by atoms with Crippen molar-refractivity contribution in [3.8, 4) is 0 Å². The van der Waals surface area contributed by atoms with E-state index in [0.717, 1.165) is 24.0 Å². The fourth-order valence-corrected chi connectivity index (χ4v) is 2.94. The Labute approximate surface area is 108 Å². The van der Waals surface area contributed by atoms with E-state index in [4.69, 9.17) is 0 Å². The van der Waals surface area contributed by atoms with Crippen LogP contribution in [0.5, 0.6) is 0 Å². The van der Waals surface area contributed by atoms with Gasteiger partial charge in [-0.3, -0.25) is 0 Å². The van der Waals surface area contributed by atoms with E-state index in [-0.39, 0.29) is 17.4 Å². The third-order valence-corrected chi connectivity index (χ3v) is 4.86. The van der Waals surface area contributed by atoms with E-state index in [9.17, 15) is 13.5 Å². The van der Waals surface area contributed by atoms with Crippen molar-refractivity contribution < 1.29 is 13.5 Å². The van der Waals surface area contributed by atoms with Gasteiger partial charge in [-0.05, 0) is 55.9 Å².